The van der Waals surface area contributed by atoms with Crippen LogP contribution in [0.2, 0.25) is 8.45 Å². The molecule has 0 aliphatic rings. The minimum atomic E-state index is -0.856. The summed E-state index contributed by atoms with van der Waals surface area (Å²) in [6.45, 7) is 12.2. The zero-order chi connectivity index (χ0) is 14.6. The van der Waals surface area contributed by atoms with Crippen molar-refractivity contribution in [3.8, 4) is 0 Å². The van der Waals surface area contributed by atoms with Gasteiger partial charge in [-0.25, -0.2) is 0 Å². The summed E-state index contributed by atoms with van der Waals surface area (Å²) in [6.07, 6.45) is 0. The van der Waals surface area contributed by atoms with E-state index in [0.29, 0.717) is 8.45 Å². The van der Waals surface area contributed by atoms with Gasteiger partial charge in [-0.2, -0.15) is 0 Å². The second-order valence-electron chi connectivity index (χ2n) is 5.51. The molecule has 0 aliphatic carbocycles. The summed E-state index contributed by atoms with van der Waals surface area (Å²) in [5, 5.41) is 0.597. The third-order valence-corrected chi connectivity index (χ3v) is 7.20. The van der Waals surface area contributed by atoms with Crippen molar-refractivity contribution < 1.29 is 4.79 Å². The van der Waals surface area contributed by atoms with E-state index in [2.05, 4.69) is 26.8 Å². The van der Waals surface area contributed by atoms with Gasteiger partial charge < -0.3 is 0 Å². The van der Waals surface area contributed by atoms with Crippen LogP contribution in [0.5, 0.6) is 0 Å². The van der Waals surface area contributed by atoms with E-state index < -0.39 is 21.1 Å². The van der Waals surface area contributed by atoms with E-state index in [4.69, 9.17) is 11.6 Å². The molecule has 104 valence electrons. The van der Waals surface area contributed by atoms with Gasteiger partial charge in [0.2, 0.25) is 0 Å². The molecule has 0 unspecified atom stereocenters. The Morgan fingerprint density at radius 3 is 2.32 bits per heavy atom. The fourth-order valence-corrected chi connectivity index (χ4v) is 6.27. The average molecular weight is 387 g/mol. The van der Waals surface area contributed by atoms with E-state index in [-0.39, 0.29) is 5.91 Å². The summed E-state index contributed by atoms with van der Waals surface area (Å²) >= 11 is 5.43. The summed E-state index contributed by atoms with van der Waals surface area (Å²) in [6, 6.07) is 5.87. The number of benzene rings is 1. The molecule has 0 N–H and O–H groups in total. The normalized spacial score (nSPS) is 11.5. The van der Waals surface area contributed by atoms with Gasteiger partial charge in [-0.15, -0.1) is 0 Å². The molecule has 4 heteroatoms. The molecule has 19 heavy (non-hydrogen) atoms. The number of rotatable bonds is 4. The van der Waals surface area contributed by atoms with Crippen LogP contribution in [-0.2, 0) is 0 Å². The fraction of sp³-hybridized carbons (Fsp3) is 0.533. The minimum absolute atomic E-state index is 0.0794. The Bertz CT molecular complexity index is 450. The Hall–Kier alpha value is -0.221. The van der Waals surface area contributed by atoms with Crippen LogP contribution >= 0.6 is 11.6 Å². The van der Waals surface area contributed by atoms with Crippen LogP contribution in [0.4, 0.5) is 0 Å². The van der Waals surface area contributed by atoms with Crippen LogP contribution in [0.25, 0.3) is 0 Å². The standard InChI is InChI=1S/C11H13ClNO.C4H9.Sn/c1-3-13(4-2)11(14)9-7-5-6-8-10(9)12;1-4(2)3;/h5-6,8H,3-4H2,1-2H3;1-3H3;. The number of carbonyl (C=O) groups excluding carboxylic acids is 1. The van der Waals surface area contributed by atoms with Crippen LogP contribution in [-0.4, -0.2) is 45.0 Å². The van der Waals surface area contributed by atoms with Crippen LogP contribution in [0, 0.1) is 0 Å². The predicted octanol–water partition coefficient (Wildman–Crippen LogP) is 3.37. The van der Waals surface area contributed by atoms with Crippen molar-refractivity contribution in [2.75, 3.05) is 13.1 Å². The molecule has 0 heterocycles. The first-order valence-electron chi connectivity index (χ1n) is 6.66. The summed E-state index contributed by atoms with van der Waals surface area (Å²) in [7, 11) is 0. The van der Waals surface area contributed by atoms with Crippen molar-refractivity contribution in [2.24, 2.45) is 0 Å². The molecule has 0 saturated heterocycles. The summed E-state index contributed by atoms with van der Waals surface area (Å²) in [5.74, 6) is 0.0794. The third kappa shape index (κ3) is 4.67. The molecule has 1 amide bonds. The van der Waals surface area contributed by atoms with Crippen LogP contribution in [0.1, 0.15) is 45.0 Å². The molecule has 0 aromatic heterocycles. The monoisotopic (exact) mass is 387 g/mol. The van der Waals surface area contributed by atoms with Crippen LogP contribution in [0.3, 0.4) is 0 Å². The molecule has 0 fully saturated rings. The number of nitrogens with zero attached hydrogens (tertiary/aromatic N) is 1. The fourth-order valence-electron chi connectivity index (χ4n) is 1.92. The molecule has 0 spiro atoms. The van der Waals surface area contributed by atoms with Gasteiger partial charge in [-0.3, -0.25) is 0 Å². The molecule has 1 rings (SSSR count). The van der Waals surface area contributed by atoms with E-state index in [1.807, 2.05) is 30.9 Å². The Morgan fingerprint density at radius 1 is 1.26 bits per heavy atom. The zero-order valence-corrected chi connectivity index (χ0v) is 16.0. The number of halogens is 1. The number of carbonyl (C=O) groups is 1. The Kier molecular flexibility index (Phi) is 6.18. The number of amides is 1. The molecule has 0 bridgehead atoms. The van der Waals surface area contributed by atoms with Gasteiger partial charge in [-0.05, 0) is 0 Å². The topological polar surface area (TPSA) is 20.3 Å². The van der Waals surface area contributed by atoms with Gasteiger partial charge in [0.15, 0.2) is 0 Å². The molecule has 0 atom stereocenters. The van der Waals surface area contributed by atoms with Gasteiger partial charge in [0.25, 0.3) is 0 Å². The Morgan fingerprint density at radius 2 is 1.84 bits per heavy atom. The number of hydrogen-bond donors (Lipinski definition) is 0. The zero-order valence-electron chi connectivity index (χ0n) is 12.4. The molecule has 1 aromatic rings. The third-order valence-electron chi connectivity index (χ3n) is 2.79. The number of hydrogen-bond acceptors (Lipinski definition) is 1. The van der Waals surface area contributed by atoms with Crippen molar-refractivity contribution in [3.05, 3.63) is 28.8 Å². The van der Waals surface area contributed by atoms with Crippen molar-refractivity contribution in [1.82, 2.24) is 4.90 Å². The summed E-state index contributed by atoms with van der Waals surface area (Å²) < 4.78 is 1.51. The van der Waals surface area contributed by atoms with E-state index in [1.54, 1.807) is 0 Å². The van der Waals surface area contributed by atoms with Gasteiger partial charge in [0, 0.05) is 0 Å². The van der Waals surface area contributed by atoms with Gasteiger partial charge >= 0.3 is 132 Å². The van der Waals surface area contributed by atoms with E-state index in [1.165, 1.54) is 3.58 Å². The quantitative estimate of drug-likeness (QED) is 0.727. The first kappa shape index (κ1) is 16.8. The van der Waals surface area contributed by atoms with Crippen molar-refractivity contribution in [3.63, 3.8) is 0 Å². The maximum absolute atomic E-state index is 12.6. The predicted molar refractivity (Wildman–Crippen MR) is 83.8 cm³/mol. The SMILES string of the molecule is CCN(CC)C(=O)c1c(Cl)ccc[c]1[Sn][C](C)(C)C. The van der Waals surface area contributed by atoms with Gasteiger partial charge in [0.1, 0.15) is 0 Å². The Labute approximate surface area is 131 Å². The van der Waals surface area contributed by atoms with E-state index in [9.17, 15) is 4.79 Å². The average Bonchev–Trinajstić information content (AvgIpc) is 2.28. The maximum atomic E-state index is 12.6. The molecular weight excluding hydrogens is 364 g/mol. The first-order chi connectivity index (χ1) is 8.80. The van der Waals surface area contributed by atoms with Crippen LogP contribution < -0.4 is 3.58 Å². The molecule has 2 radical (unpaired) electrons. The van der Waals surface area contributed by atoms with Crippen LogP contribution in [0.15, 0.2) is 18.2 Å². The van der Waals surface area contributed by atoms with Gasteiger partial charge in [0.05, 0.1) is 0 Å². The first-order valence-corrected chi connectivity index (χ1v) is 9.89. The van der Waals surface area contributed by atoms with E-state index in [0.717, 1.165) is 18.7 Å². The second-order valence-corrected chi connectivity index (χ2v) is 12.5. The summed E-state index contributed by atoms with van der Waals surface area (Å²) in [5.41, 5.74) is 0.745. The molecule has 0 saturated carbocycles. The molecule has 1 aromatic carbocycles. The molecule has 0 aliphatic heterocycles. The van der Waals surface area contributed by atoms with E-state index >= 15 is 0 Å². The second kappa shape index (κ2) is 6.98. The summed E-state index contributed by atoms with van der Waals surface area (Å²) in [4.78, 5) is 14.4. The molecule has 2 nitrogen and oxygen atoms in total. The van der Waals surface area contributed by atoms with Crippen molar-refractivity contribution in [2.45, 2.75) is 38.0 Å². The Balaban J connectivity index is 3.21. The molecular formula is C15H22ClNOSn. The van der Waals surface area contributed by atoms with Crippen molar-refractivity contribution in [1.29, 1.82) is 0 Å². The van der Waals surface area contributed by atoms with Gasteiger partial charge in [-0.1, -0.05) is 0 Å². The van der Waals surface area contributed by atoms with Crippen molar-refractivity contribution >= 4 is 42.2 Å².